The fourth-order valence-electron chi connectivity index (χ4n) is 4.12. The van der Waals surface area contributed by atoms with Gasteiger partial charge in [0.1, 0.15) is 0 Å². The molecule has 1 amide bonds. The monoisotopic (exact) mass is 350 g/mol. The molecule has 4 heteroatoms. The number of rotatable bonds is 2. The first-order valence-electron chi connectivity index (χ1n) is 9.35. The van der Waals surface area contributed by atoms with E-state index in [1.807, 2.05) is 23.1 Å². The van der Waals surface area contributed by atoms with Crippen LogP contribution in [0.25, 0.3) is 11.1 Å². The Balaban J connectivity index is 1.67. The third kappa shape index (κ3) is 3.39. The molecule has 0 aliphatic carbocycles. The standard InChI is InChI=1S/C22H26N2O2/c1-16-6-5-7-18(10-16)20-8-3-4-9-21(20)22(25)24-12-17-11-23(2)19(13-24)15-26-14-17/h3-10,17,19H,11-15H2,1-2H3/t17-,19+/m1/s1. The lowest BCUT2D eigenvalue weighted by Crippen LogP contribution is -2.44. The van der Waals surface area contributed by atoms with Crippen LogP contribution < -0.4 is 0 Å². The summed E-state index contributed by atoms with van der Waals surface area (Å²) in [5.74, 6) is 0.511. The molecule has 2 fully saturated rings. The third-order valence-corrected chi connectivity index (χ3v) is 5.52. The van der Waals surface area contributed by atoms with Gasteiger partial charge in [-0.05, 0) is 31.2 Å². The number of carbonyl (C=O) groups excluding carboxylic acids is 1. The highest BCUT2D eigenvalue weighted by molar-refractivity contribution is 6.01. The van der Waals surface area contributed by atoms with Gasteiger partial charge in [0.05, 0.1) is 19.3 Å². The predicted molar refractivity (Wildman–Crippen MR) is 103 cm³/mol. The van der Waals surface area contributed by atoms with E-state index in [-0.39, 0.29) is 11.9 Å². The fourth-order valence-corrected chi connectivity index (χ4v) is 4.12. The summed E-state index contributed by atoms with van der Waals surface area (Å²) in [6, 6.07) is 16.6. The van der Waals surface area contributed by atoms with Crippen molar-refractivity contribution in [1.29, 1.82) is 0 Å². The highest BCUT2D eigenvalue weighted by Crippen LogP contribution is 2.27. The van der Waals surface area contributed by atoms with E-state index in [0.717, 1.165) is 42.9 Å². The van der Waals surface area contributed by atoms with E-state index >= 15 is 0 Å². The maximum atomic E-state index is 13.4. The summed E-state index contributed by atoms with van der Waals surface area (Å²) in [6.45, 7) is 6.02. The van der Waals surface area contributed by atoms with Gasteiger partial charge in [-0.2, -0.15) is 0 Å². The molecule has 2 aromatic carbocycles. The minimum absolute atomic E-state index is 0.134. The summed E-state index contributed by atoms with van der Waals surface area (Å²) in [5, 5.41) is 0. The first kappa shape index (κ1) is 17.3. The first-order valence-corrected chi connectivity index (χ1v) is 9.35. The summed E-state index contributed by atoms with van der Waals surface area (Å²) in [4.78, 5) is 17.8. The average molecular weight is 350 g/mol. The van der Waals surface area contributed by atoms with Gasteiger partial charge in [0.25, 0.3) is 5.91 Å². The van der Waals surface area contributed by atoms with Crippen LogP contribution in [0.15, 0.2) is 48.5 Å². The summed E-state index contributed by atoms with van der Waals surface area (Å²) in [7, 11) is 2.14. The van der Waals surface area contributed by atoms with Gasteiger partial charge in [0.15, 0.2) is 0 Å². The molecule has 136 valence electrons. The van der Waals surface area contributed by atoms with Gasteiger partial charge in [0, 0.05) is 31.1 Å². The van der Waals surface area contributed by atoms with Crippen molar-refractivity contribution >= 4 is 5.91 Å². The van der Waals surface area contributed by atoms with Crippen LogP contribution in [0.1, 0.15) is 15.9 Å². The van der Waals surface area contributed by atoms with Crippen LogP contribution >= 0.6 is 0 Å². The maximum absolute atomic E-state index is 13.4. The maximum Gasteiger partial charge on any atom is 0.254 e. The van der Waals surface area contributed by atoms with Crippen LogP contribution in [0.5, 0.6) is 0 Å². The molecule has 4 nitrogen and oxygen atoms in total. The van der Waals surface area contributed by atoms with Crippen molar-refractivity contribution in [3.05, 3.63) is 59.7 Å². The molecule has 2 aromatic rings. The number of fused-ring (bicyclic) bond motifs is 3. The Morgan fingerprint density at radius 3 is 2.73 bits per heavy atom. The quantitative estimate of drug-likeness (QED) is 0.834. The summed E-state index contributed by atoms with van der Waals surface area (Å²) in [6.07, 6.45) is 0. The third-order valence-electron chi connectivity index (χ3n) is 5.52. The summed E-state index contributed by atoms with van der Waals surface area (Å²) >= 11 is 0. The molecule has 0 aromatic heterocycles. The fraction of sp³-hybridized carbons (Fsp3) is 0.409. The van der Waals surface area contributed by atoms with Crippen LogP contribution in [0.4, 0.5) is 0 Å². The van der Waals surface area contributed by atoms with Crippen LogP contribution in [0.3, 0.4) is 0 Å². The van der Waals surface area contributed by atoms with Crippen molar-refractivity contribution in [3.63, 3.8) is 0 Å². The molecular formula is C22H26N2O2. The SMILES string of the molecule is Cc1cccc(-c2ccccc2C(=O)N2C[C@@H]3COC[C@H](C2)N(C)C3)c1. The largest absolute Gasteiger partial charge is 0.379 e. The van der Waals surface area contributed by atoms with E-state index in [1.54, 1.807) is 0 Å². The van der Waals surface area contributed by atoms with Gasteiger partial charge < -0.3 is 9.64 Å². The number of likely N-dealkylation sites (N-methyl/N-ethyl adjacent to an activating group) is 1. The Bertz CT molecular complexity index is 804. The van der Waals surface area contributed by atoms with Crippen molar-refractivity contribution in [1.82, 2.24) is 9.80 Å². The second-order valence-electron chi connectivity index (χ2n) is 7.62. The molecular weight excluding hydrogens is 324 g/mol. The van der Waals surface area contributed by atoms with Gasteiger partial charge in [-0.3, -0.25) is 9.69 Å². The van der Waals surface area contributed by atoms with E-state index < -0.39 is 0 Å². The number of amides is 1. The van der Waals surface area contributed by atoms with E-state index in [9.17, 15) is 4.79 Å². The molecule has 0 unspecified atom stereocenters. The second-order valence-corrected chi connectivity index (χ2v) is 7.62. The Morgan fingerprint density at radius 1 is 1.04 bits per heavy atom. The van der Waals surface area contributed by atoms with E-state index in [4.69, 9.17) is 4.74 Å². The molecule has 26 heavy (non-hydrogen) atoms. The van der Waals surface area contributed by atoms with Crippen molar-refractivity contribution in [3.8, 4) is 11.1 Å². The Labute approximate surface area is 155 Å². The molecule has 0 spiro atoms. The summed E-state index contributed by atoms with van der Waals surface area (Å²) < 4.78 is 5.79. The van der Waals surface area contributed by atoms with Crippen LogP contribution in [-0.4, -0.2) is 61.6 Å². The van der Waals surface area contributed by atoms with Gasteiger partial charge in [-0.15, -0.1) is 0 Å². The molecule has 0 radical (unpaired) electrons. The lowest BCUT2D eigenvalue weighted by molar-refractivity contribution is 0.0434. The zero-order valence-corrected chi connectivity index (χ0v) is 15.5. The van der Waals surface area contributed by atoms with Gasteiger partial charge in [-0.1, -0.05) is 48.0 Å². The molecule has 2 heterocycles. The Morgan fingerprint density at radius 2 is 1.88 bits per heavy atom. The van der Waals surface area contributed by atoms with Gasteiger partial charge in [-0.25, -0.2) is 0 Å². The molecule has 2 saturated heterocycles. The van der Waals surface area contributed by atoms with Crippen LogP contribution in [0, 0.1) is 12.8 Å². The molecule has 2 aliphatic heterocycles. The van der Waals surface area contributed by atoms with Gasteiger partial charge >= 0.3 is 0 Å². The smallest absolute Gasteiger partial charge is 0.254 e. The molecule has 4 rings (SSSR count). The van der Waals surface area contributed by atoms with E-state index in [1.165, 1.54) is 5.56 Å². The first-order chi connectivity index (χ1) is 12.6. The number of nitrogens with zero attached hydrogens (tertiary/aromatic N) is 2. The topological polar surface area (TPSA) is 32.8 Å². The second kappa shape index (κ2) is 7.22. The minimum Gasteiger partial charge on any atom is -0.379 e. The van der Waals surface area contributed by atoms with Crippen molar-refractivity contribution in [2.24, 2.45) is 5.92 Å². The molecule has 2 bridgehead atoms. The van der Waals surface area contributed by atoms with Gasteiger partial charge in [0.2, 0.25) is 0 Å². The lowest BCUT2D eigenvalue weighted by Gasteiger charge is -2.30. The number of aryl methyl sites for hydroxylation is 1. The number of ether oxygens (including phenoxy) is 1. The zero-order chi connectivity index (χ0) is 18.1. The Hall–Kier alpha value is -2.17. The van der Waals surface area contributed by atoms with E-state index in [2.05, 4.69) is 49.2 Å². The summed E-state index contributed by atoms with van der Waals surface area (Å²) in [5.41, 5.74) is 4.11. The minimum atomic E-state index is 0.134. The van der Waals surface area contributed by atoms with Crippen molar-refractivity contribution in [2.45, 2.75) is 13.0 Å². The molecule has 2 atom stereocenters. The predicted octanol–water partition coefficient (Wildman–Crippen LogP) is 3.06. The molecule has 2 aliphatic rings. The van der Waals surface area contributed by atoms with Crippen molar-refractivity contribution < 1.29 is 9.53 Å². The number of hydrogen-bond donors (Lipinski definition) is 0. The highest BCUT2D eigenvalue weighted by atomic mass is 16.5. The van der Waals surface area contributed by atoms with Crippen molar-refractivity contribution in [2.75, 3.05) is 39.9 Å². The molecule has 0 saturated carbocycles. The van der Waals surface area contributed by atoms with Crippen LogP contribution in [-0.2, 0) is 4.74 Å². The highest BCUT2D eigenvalue weighted by Gasteiger charge is 2.34. The number of carbonyl (C=O) groups is 1. The number of benzene rings is 2. The van der Waals surface area contributed by atoms with Crippen LogP contribution in [0.2, 0.25) is 0 Å². The molecule has 0 N–H and O–H groups in total. The normalized spacial score (nSPS) is 23.5. The Kier molecular flexibility index (Phi) is 4.79. The number of hydrogen-bond acceptors (Lipinski definition) is 3. The average Bonchev–Trinajstić information content (AvgIpc) is 2.89. The zero-order valence-electron chi connectivity index (χ0n) is 15.5. The lowest BCUT2D eigenvalue weighted by atomic mass is 9.97. The van der Waals surface area contributed by atoms with E-state index in [0.29, 0.717) is 12.5 Å².